The number of hydrogen-bond acceptors (Lipinski definition) is 3. The number of benzene rings is 2. The van der Waals surface area contributed by atoms with Crippen molar-refractivity contribution in [1.29, 1.82) is 0 Å². The van der Waals surface area contributed by atoms with Crippen LogP contribution in [0.15, 0.2) is 54.6 Å². The number of hydrogen-bond donors (Lipinski definition) is 2. The van der Waals surface area contributed by atoms with E-state index in [1.165, 1.54) is 0 Å². The molecule has 0 spiro atoms. The largest absolute Gasteiger partial charge is 0.444 e. The molecule has 1 amide bonds. The molecule has 20 heavy (non-hydrogen) atoms. The fourth-order valence-electron chi connectivity index (χ4n) is 1.59. The first-order chi connectivity index (χ1) is 9.65. The second kappa shape index (κ2) is 6.68. The Morgan fingerprint density at radius 3 is 2.35 bits per heavy atom. The standard InChI is InChI=1S/C15H14N2O2S/c16-14(20)12-6-8-13(9-7-12)17-15(18)19-10-11-4-2-1-3-5-11/h1-9H,10H2,(H2,16,20)(H,17,18). The van der Waals surface area contributed by atoms with Gasteiger partial charge in [-0.1, -0.05) is 42.5 Å². The summed E-state index contributed by atoms with van der Waals surface area (Å²) in [6, 6.07) is 16.4. The zero-order valence-electron chi connectivity index (χ0n) is 10.7. The molecule has 0 fully saturated rings. The highest BCUT2D eigenvalue weighted by molar-refractivity contribution is 7.80. The Morgan fingerprint density at radius 1 is 1.10 bits per heavy atom. The first kappa shape index (κ1) is 14.0. The van der Waals surface area contributed by atoms with Crippen molar-refractivity contribution < 1.29 is 9.53 Å². The van der Waals surface area contributed by atoms with Crippen molar-refractivity contribution in [2.24, 2.45) is 5.73 Å². The number of ether oxygens (including phenoxy) is 1. The van der Waals surface area contributed by atoms with Crippen molar-refractivity contribution in [3.63, 3.8) is 0 Å². The molecule has 0 saturated carbocycles. The monoisotopic (exact) mass is 286 g/mol. The molecule has 0 aliphatic carbocycles. The van der Waals surface area contributed by atoms with Crippen LogP contribution in [0, 0.1) is 0 Å². The smallest absolute Gasteiger partial charge is 0.411 e. The Labute approximate surface area is 122 Å². The fraction of sp³-hybridized carbons (Fsp3) is 0.0667. The minimum absolute atomic E-state index is 0.234. The maximum atomic E-state index is 11.6. The summed E-state index contributed by atoms with van der Waals surface area (Å²) in [5.41, 5.74) is 7.81. The number of anilines is 1. The highest BCUT2D eigenvalue weighted by atomic mass is 32.1. The Hall–Kier alpha value is -2.40. The molecular weight excluding hydrogens is 272 g/mol. The molecule has 4 nitrogen and oxygen atoms in total. The molecule has 2 aromatic rings. The van der Waals surface area contributed by atoms with Gasteiger partial charge in [0.05, 0.1) is 0 Å². The molecule has 2 rings (SSSR count). The van der Waals surface area contributed by atoms with E-state index in [0.717, 1.165) is 11.1 Å². The molecule has 0 heterocycles. The summed E-state index contributed by atoms with van der Waals surface area (Å²) in [6.45, 7) is 0.234. The van der Waals surface area contributed by atoms with Crippen molar-refractivity contribution in [3.05, 3.63) is 65.7 Å². The predicted octanol–water partition coefficient (Wildman–Crippen LogP) is 3.07. The zero-order valence-corrected chi connectivity index (χ0v) is 11.5. The molecule has 5 heteroatoms. The number of thiocarbonyl (C=S) groups is 1. The summed E-state index contributed by atoms with van der Waals surface area (Å²) in [6.07, 6.45) is -0.503. The lowest BCUT2D eigenvalue weighted by atomic mass is 10.2. The summed E-state index contributed by atoms with van der Waals surface area (Å²) in [5, 5.41) is 2.63. The van der Waals surface area contributed by atoms with Gasteiger partial charge in [0.2, 0.25) is 0 Å². The van der Waals surface area contributed by atoms with Crippen LogP contribution in [0.1, 0.15) is 11.1 Å². The summed E-state index contributed by atoms with van der Waals surface area (Å²) < 4.78 is 5.11. The van der Waals surface area contributed by atoms with E-state index in [4.69, 9.17) is 22.7 Å². The van der Waals surface area contributed by atoms with E-state index in [1.54, 1.807) is 24.3 Å². The van der Waals surface area contributed by atoms with Gasteiger partial charge in [-0.25, -0.2) is 4.79 Å². The van der Waals surface area contributed by atoms with Gasteiger partial charge in [0.25, 0.3) is 0 Å². The van der Waals surface area contributed by atoms with Gasteiger partial charge in [0.15, 0.2) is 0 Å². The third kappa shape index (κ3) is 4.07. The molecule has 0 saturated heterocycles. The number of nitrogens with two attached hydrogens (primary N) is 1. The Kier molecular flexibility index (Phi) is 4.68. The van der Waals surface area contributed by atoms with E-state index in [-0.39, 0.29) is 6.61 Å². The van der Waals surface area contributed by atoms with Gasteiger partial charge >= 0.3 is 6.09 Å². The molecule has 0 aliphatic rings. The number of rotatable bonds is 4. The quantitative estimate of drug-likeness (QED) is 0.848. The van der Waals surface area contributed by atoms with Gasteiger partial charge in [-0.3, -0.25) is 5.32 Å². The fourth-order valence-corrected chi connectivity index (χ4v) is 1.73. The summed E-state index contributed by atoms with van der Waals surface area (Å²) in [4.78, 5) is 11.9. The molecule has 102 valence electrons. The van der Waals surface area contributed by atoms with Crippen LogP contribution in [0.3, 0.4) is 0 Å². The minimum atomic E-state index is -0.503. The molecule has 0 unspecified atom stereocenters. The van der Waals surface area contributed by atoms with Crippen LogP contribution in [0.2, 0.25) is 0 Å². The number of carbonyl (C=O) groups excluding carboxylic acids is 1. The van der Waals surface area contributed by atoms with Gasteiger partial charge in [-0.2, -0.15) is 0 Å². The summed E-state index contributed by atoms with van der Waals surface area (Å²) in [7, 11) is 0. The second-order valence-electron chi connectivity index (χ2n) is 4.13. The maximum absolute atomic E-state index is 11.6. The first-order valence-electron chi connectivity index (χ1n) is 6.03. The van der Waals surface area contributed by atoms with Crippen LogP contribution < -0.4 is 11.1 Å². The van der Waals surface area contributed by atoms with E-state index >= 15 is 0 Å². The average Bonchev–Trinajstić information content (AvgIpc) is 2.47. The average molecular weight is 286 g/mol. The van der Waals surface area contributed by atoms with Gasteiger partial charge in [-0.15, -0.1) is 0 Å². The molecule has 0 radical (unpaired) electrons. The van der Waals surface area contributed by atoms with Crippen LogP contribution in [-0.4, -0.2) is 11.1 Å². The first-order valence-corrected chi connectivity index (χ1v) is 6.43. The second-order valence-corrected chi connectivity index (χ2v) is 4.57. The lowest BCUT2D eigenvalue weighted by Crippen LogP contribution is -2.14. The van der Waals surface area contributed by atoms with Gasteiger partial charge in [-0.05, 0) is 29.8 Å². The van der Waals surface area contributed by atoms with Crippen LogP contribution in [0.25, 0.3) is 0 Å². The van der Waals surface area contributed by atoms with E-state index in [0.29, 0.717) is 10.7 Å². The molecule has 0 bridgehead atoms. The Bertz CT molecular complexity index is 597. The van der Waals surface area contributed by atoms with Crippen LogP contribution in [-0.2, 0) is 11.3 Å². The maximum Gasteiger partial charge on any atom is 0.411 e. The molecule has 0 aromatic heterocycles. The third-order valence-electron chi connectivity index (χ3n) is 2.63. The number of carbonyl (C=O) groups is 1. The van der Waals surface area contributed by atoms with E-state index in [2.05, 4.69) is 5.32 Å². The lowest BCUT2D eigenvalue weighted by Gasteiger charge is -2.07. The third-order valence-corrected chi connectivity index (χ3v) is 2.86. The van der Waals surface area contributed by atoms with Crippen molar-refractivity contribution in [2.75, 3.05) is 5.32 Å². The van der Waals surface area contributed by atoms with Crippen LogP contribution in [0.4, 0.5) is 10.5 Å². The Morgan fingerprint density at radius 2 is 1.75 bits per heavy atom. The normalized spacial score (nSPS) is 9.80. The summed E-state index contributed by atoms with van der Waals surface area (Å²) in [5.74, 6) is 0. The SMILES string of the molecule is NC(=S)c1ccc(NC(=O)OCc2ccccc2)cc1. The highest BCUT2D eigenvalue weighted by Crippen LogP contribution is 2.10. The molecular formula is C15H14N2O2S. The Balaban J connectivity index is 1.86. The number of nitrogens with one attached hydrogen (secondary N) is 1. The number of amides is 1. The van der Waals surface area contributed by atoms with Gasteiger partial charge < -0.3 is 10.5 Å². The zero-order chi connectivity index (χ0) is 14.4. The van der Waals surface area contributed by atoms with Crippen LogP contribution in [0.5, 0.6) is 0 Å². The van der Waals surface area contributed by atoms with Crippen molar-refractivity contribution in [1.82, 2.24) is 0 Å². The van der Waals surface area contributed by atoms with Gasteiger partial charge in [0, 0.05) is 11.3 Å². The summed E-state index contributed by atoms with van der Waals surface area (Å²) >= 11 is 4.85. The van der Waals surface area contributed by atoms with E-state index in [9.17, 15) is 4.79 Å². The molecule has 3 N–H and O–H groups in total. The molecule has 0 aliphatic heterocycles. The minimum Gasteiger partial charge on any atom is -0.444 e. The predicted molar refractivity (Wildman–Crippen MR) is 82.6 cm³/mol. The molecule has 2 aromatic carbocycles. The molecule has 0 atom stereocenters. The van der Waals surface area contributed by atoms with Crippen LogP contribution >= 0.6 is 12.2 Å². The van der Waals surface area contributed by atoms with E-state index < -0.39 is 6.09 Å². The van der Waals surface area contributed by atoms with E-state index in [1.807, 2.05) is 30.3 Å². The van der Waals surface area contributed by atoms with Crippen molar-refractivity contribution in [2.45, 2.75) is 6.61 Å². The highest BCUT2D eigenvalue weighted by Gasteiger charge is 2.04. The topological polar surface area (TPSA) is 64.3 Å². The lowest BCUT2D eigenvalue weighted by molar-refractivity contribution is 0.155. The van der Waals surface area contributed by atoms with Gasteiger partial charge in [0.1, 0.15) is 11.6 Å². The van der Waals surface area contributed by atoms with Crippen molar-refractivity contribution in [3.8, 4) is 0 Å². The van der Waals surface area contributed by atoms with Crippen molar-refractivity contribution >= 4 is 29.0 Å².